The van der Waals surface area contributed by atoms with Gasteiger partial charge in [-0.3, -0.25) is 0 Å². The van der Waals surface area contributed by atoms with E-state index in [9.17, 15) is 0 Å². The lowest BCUT2D eigenvalue weighted by Gasteiger charge is -2.02. The highest BCUT2D eigenvalue weighted by Gasteiger charge is 1.93. The fourth-order valence-corrected chi connectivity index (χ4v) is 2.95. The van der Waals surface area contributed by atoms with E-state index in [2.05, 4.69) is 26.0 Å². The molecule has 0 saturated heterocycles. The Kier molecular flexibility index (Phi) is 20.5. The van der Waals surface area contributed by atoms with Crippen LogP contribution in [0.15, 0.2) is 12.2 Å². The molecule has 0 amide bonds. The van der Waals surface area contributed by atoms with E-state index in [1.165, 1.54) is 109 Å². The molecule has 0 aromatic heterocycles. The number of hydrogen-bond acceptors (Lipinski definition) is 0. The summed E-state index contributed by atoms with van der Waals surface area (Å²) in [6, 6.07) is 0. The molecule has 22 heavy (non-hydrogen) atoms. The van der Waals surface area contributed by atoms with Crippen molar-refractivity contribution in [3.63, 3.8) is 0 Å². The topological polar surface area (TPSA) is 0 Å². The summed E-state index contributed by atoms with van der Waals surface area (Å²) < 4.78 is 0. The van der Waals surface area contributed by atoms with Gasteiger partial charge < -0.3 is 0 Å². The molecular formula is C22H43. The predicted octanol–water partition coefficient (Wildman–Crippen LogP) is 8.42. The summed E-state index contributed by atoms with van der Waals surface area (Å²) in [6.45, 7) is 6.16. The monoisotopic (exact) mass is 307 g/mol. The minimum atomic E-state index is 1.07. The van der Waals surface area contributed by atoms with Gasteiger partial charge in [0.2, 0.25) is 0 Å². The van der Waals surface area contributed by atoms with Crippen LogP contribution in [0.5, 0.6) is 0 Å². The van der Waals surface area contributed by atoms with Crippen LogP contribution < -0.4 is 0 Å². The van der Waals surface area contributed by atoms with E-state index >= 15 is 0 Å². The molecule has 0 heteroatoms. The van der Waals surface area contributed by atoms with Crippen molar-refractivity contribution in [1.82, 2.24) is 0 Å². The van der Waals surface area contributed by atoms with Crippen LogP contribution in [0.25, 0.3) is 0 Å². The van der Waals surface area contributed by atoms with Gasteiger partial charge in [0.1, 0.15) is 0 Å². The van der Waals surface area contributed by atoms with Crippen LogP contribution in [-0.4, -0.2) is 0 Å². The zero-order chi connectivity index (χ0) is 16.1. The van der Waals surface area contributed by atoms with Crippen molar-refractivity contribution in [2.75, 3.05) is 0 Å². The SMILES string of the molecule is [CH2]CCC/C=C/CCCCCCCCCCCCCCCC. The Hall–Kier alpha value is -0.260. The molecule has 0 unspecified atom stereocenters. The first-order valence-corrected chi connectivity index (χ1v) is 10.4. The Morgan fingerprint density at radius 3 is 1.27 bits per heavy atom. The predicted molar refractivity (Wildman–Crippen MR) is 103 cm³/mol. The van der Waals surface area contributed by atoms with Crippen LogP contribution in [0.2, 0.25) is 0 Å². The molecule has 0 aliphatic rings. The van der Waals surface area contributed by atoms with E-state index in [1.807, 2.05) is 0 Å². The second-order valence-corrected chi connectivity index (χ2v) is 6.85. The molecule has 0 fully saturated rings. The van der Waals surface area contributed by atoms with Crippen molar-refractivity contribution in [3.05, 3.63) is 19.1 Å². The van der Waals surface area contributed by atoms with Gasteiger partial charge >= 0.3 is 0 Å². The van der Waals surface area contributed by atoms with E-state index in [0.29, 0.717) is 0 Å². The first kappa shape index (κ1) is 21.7. The van der Waals surface area contributed by atoms with Crippen LogP contribution >= 0.6 is 0 Å². The lowest BCUT2D eigenvalue weighted by molar-refractivity contribution is 0.536. The summed E-state index contributed by atoms with van der Waals surface area (Å²) in [4.78, 5) is 0. The van der Waals surface area contributed by atoms with Gasteiger partial charge in [0.25, 0.3) is 0 Å². The zero-order valence-electron chi connectivity index (χ0n) is 15.6. The summed E-state index contributed by atoms with van der Waals surface area (Å²) in [5.74, 6) is 0. The minimum absolute atomic E-state index is 1.07. The van der Waals surface area contributed by atoms with Gasteiger partial charge in [0, 0.05) is 0 Å². The largest absolute Gasteiger partial charge is 0.0885 e. The lowest BCUT2D eigenvalue weighted by atomic mass is 10.0. The molecule has 0 aromatic rings. The number of allylic oxidation sites excluding steroid dienone is 2. The molecule has 0 atom stereocenters. The third-order valence-corrected chi connectivity index (χ3v) is 4.51. The fraction of sp³-hybridized carbons (Fsp3) is 0.864. The molecule has 0 aliphatic heterocycles. The Balaban J connectivity index is 2.98. The van der Waals surface area contributed by atoms with Crippen molar-refractivity contribution >= 4 is 0 Å². The van der Waals surface area contributed by atoms with Gasteiger partial charge in [-0.1, -0.05) is 116 Å². The van der Waals surface area contributed by atoms with Crippen molar-refractivity contribution in [2.24, 2.45) is 0 Å². The van der Waals surface area contributed by atoms with Gasteiger partial charge in [-0.05, 0) is 25.7 Å². The Labute approximate surface area is 142 Å². The highest BCUT2D eigenvalue weighted by atomic mass is 14.0. The Morgan fingerprint density at radius 2 is 0.864 bits per heavy atom. The summed E-state index contributed by atoms with van der Waals surface area (Å²) in [5, 5.41) is 0. The molecule has 0 heterocycles. The smallest absolute Gasteiger partial charge is 0.0351 e. The minimum Gasteiger partial charge on any atom is -0.0885 e. The Bertz CT molecular complexity index is 204. The molecule has 0 nitrogen and oxygen atoms in total. The van der Waals surface area contributed by atoms with Crippen molar-refractivity contribution in [1.29, 1.82) is 0 Å². The number of hydrogen-bond donors (Lipinski definition) is 0. The van der Waals surface area contributed by atoms with Crippen LogP contribution in [0.3, 0.4) is 0 Å². The van der Waals surface area contributed by atoms with Crippen molar-refractivity contribution in [2.45, 2.75) is 122 Å². The third-order valence-electron chi connectivity index (χ3n) is 4.51. The van der Waals surface area contributed by atoms with E-state index in [1.54, 1.807) is 0 Å². The fourth-order valence-electron chi connectivity index (χ4n) is 2.95. The van der Waals surface area contributed by atoms with E-state index in [0.717, 1.165) is 6.42 Å². The summed E-state index contributed by atoms with van der Waals surface area (Å²) >= 11 is 0. The van der Waals surface area contributed by atoms with E-state index in [-0.39, 0.29) is 0 Å². The highest BCUT2D eigenvalue weighted by Crippen LogP contribution is 2.13. The molecule has 0 N–H and O–H groups in total. The molecule has 1 radical (unpaired) electrons. The van der Waals surface area contributed by atoms with Crippen molar-refractivity contribution < 1.29 is 0 Å². The number of rotatable bonds is 18. The average Bonchev–Trinajstić information content (AvgIpc) is 2.54. The molecule has 0 saturated carbocycles. The molecule has 0 rings (SSSR count). The second-order valence-electron chi connectivity index (χ2n) is 6.85. The second kappa shape index (κ2) is 20.7. The molecule has 0 aromatic carbocycles. The van der Waals surface area contributed by atoms with Crippen LogP contribution in [-0.2, 0) is 0 Å². The van der Waals surface area contributed by atoms with Gasteiger partial charge in [-0.2, -0.15) is 0 Å². The average molecular weight is 308 g/mol. The van der Waals surface area contributed by atoms with Gasteiger partial charge in [0.15, 0.2) is 0 Å². The molecular weight excluding hydrogens is 264 g/mol. The summed E-state index contributed by atoms with van der Waals surface area (Å²) in [5.41, 5.74) is 0. The molecule has 0 bridgehead atoms. The maximum atomic E-state index is 3.87. The number of unbranched alkanes of at least 4 members (excludes halogenated alkanes) is 16. The molecule has 0 spiro atoms. The Morgan fingerprint density at radius 1 is 0.500 bits per heavy atom. The van der Waals surface area contributed by atoms with Crippen LogP contribution in [0.4, 0.5) is 0 Å². The van der Waals surface area contributed by atoms with E-state index < -0.39 is 0 Å². The summed E-state index contributed by atoms with van der Waals surface area (Å²) in [6.07, 6.45) is 29.8. The zero-order valence-corrected chi connectivity index (χ0v) is 15.6. The quantitative estimate of drug-likeness (QED) is 0.176. The molecule has 0 aliphatic carbocycles. The maximum absolute atomic E-state index is 3.87. The van der Waals surface area contributed by atoms with Crippen LogP contribution in [0.1, 0.15) is 122 Å². The van der Waals surface area contributed by atoms with Crippen molar-refractivity contribution in [3.8, 4) is 0 Å². The van der Waals surface area contributed by atoms with Gasteiger partial charge in [-0.25, -0.2) is 0 Å². The highest BCUT2D eigenvalue weighted by molar-refractivity contribution is 4.81. The summed E-state index contributed by atoms with van der Waals surface area (Å²) in [7, 11) is 0. The first-order chi connectivity index (χ1) is 10.9. The third kappa shape index (κ3) is 19.7. The van der Waals surface area contributed by atoms with Gasteiger partial charge in [0.05, 0.1) is 0 Å². The van der Waals surface area contributed by atoms with Gasteiger partial charge in [-0.15, -0.1) is 0 Å². The first-order valence-electron chi connectivity index (χ1n) is 10.4. The standard InChI is InChI=1S/C22H43/c1-3-5-7-9-11-13-15-17-19-21-22-20-18-16-14-12-10-8-6-4-2/h9,11H,1,3-8,10,12-22H2,2H3/b11-9+. The normalized spacial score (nSPS) is 11.5. The lowest BCUT2D eigenvalue weighted by Crippen LogP contribution is -1.83. The molecule has 131 valence electrons. The van der Waals surface area contributed by atoms with E-state index in [4.69, 9.17) is 0 Å². The van der Waals surface area contributed by atoms with Crippen LogP contribution in [0, 0.1) is 6.92 Å². The maximum Gasteiger partial charge on any atom is -0.0351 e.